The number of fused-ring (bicyclic) bond motifs is 1. The van der Waals surface area contributed by atoms with E-state index in [0.717, 1.165) is 16.5 Å². The van der Waals surface area contributed by atoms with Crippen molar-refractivity contribution in [3.05, 3.63) is 59.9 Å². The van der Waals surface area contributed by atoms with Crippen LogP contribution in [0, 0.1) is 11.3 Å². The molecule has 1 aromatic heterocycles. The van der Waals surface area contributed by atoms with Crippen molar-refractivity contribution in [1.29, 1.82) is 5.26 Å². The number of rotatable bonds is 2. The number of carbonyl (C=O) groups is 1. The van der Waals surface area contributed by atoms with Crippen molar-refractivity contribution in [2.75, 3.05) is 0 Å². The maximum Gasteiger partial charge on any atom is 0.251 e. The van der Waals surface area contributed by atoms with E-state index in [1.807, 2.05) is 24.3 Å². The van der Waals surface area contributed by atoms with E-state index < -0.39 is 5.91 Å². The highest BCUT2D eigenvalue weighted by Gasteiger charge is 2.10. The van der Waals surface area contributed by atoms with Gasteiger partial charge in [0, 0.05) is 17.0 Å². The lowest BCUT2D eigenvalue weighted by atomic mass is 10.0. The Balaban J connectivity index is 2.26. The molecule has 0 atom stereocenters. The quantitative estimate of drug-likeness (QED) is 0.766. The Morgan fingerprint density at radius 3 is 2.60 bits per heavy atom. The lowest BCUT2D eigenvalue weighted by Gasteiger charge is -2.07. The molecule has 0 saturated carbocycles. The number of benzene rings is 2. The van der Waals surface area contributed by atoms with Crippen LogP contribution in [0.4, 0.5) is 0 Å². The van der Waals surface area contributed by atoms with Gasteiger partial charge in [-0.2, -0.15) is 10.4 Å². The summed E-state index contributed by atoms with van der Waals surface area (Å²) in [4.78, 5) is 11.1. The molecule has 0 spiro atoms. The number of primary amides is 1. The van der Waals surface area contributed by atoms with Gasteiger partial charge >= 0.3 is 0 Å². The van der Waals surface area contributed by atoms with Crippen LogP contribution in [0.3, 0.4) is 0 Å². The van der Waals surface area contributed by atoms with Crippen molar-refractivity contribution in [3.63, 3.8) is 0 Å². The SMILES string of the molecule is N#Cc1ccc(-n2cc(C(N)=O)cn2)c2ccccc12. The molecular formula is C15H10N4O. The second-order valence-corrected chi connectivity index (χ2v) is 4.33. The van der Waals surface area contributed by atoms with Crippen LogP contribution in [0.2, 0.25) is 0 Å². The zero-order valence-electron chi connectivity index (χ0n) is 10.4. The molecule has 0 unspecified atom stereocenters. The molecule has 3 rings (SSSR count). The molecule has 0 radical (unpaired) electrons. The minimum atomic E-state index is -0.519. The summed E-state index contributed by atoms with van der Waals surface area (Å²) in [6.07, 6.45) is 3.01. The zero-order valence-corrected chi connectivity index (χ0v) is 10.4. The van der Waals surface area contributed by atoms with Crippen molar-refractivity contribution < 1.29 is 4.79 Å². The summed E-state index contributed by atoms with van der Waals surface area (Å²) in [5.74, 6) is -0.519. The van der Waals surface area contributed by atoms with Crippen molar-refractivity contribution >= 4 is 16.7 Å². The van der Waals surface area contributed by atoms with E-state index in [1.165, 1.54) is 6.20 Å². The third kappa shape index (κ3) is 1.80. The van der Waals surface area contributed by atoms with E-state index >= 15 is 0 Å². The molecular weight excluding hydrogens is 252 g/mol. The van der Waals surface area contributed by atoms with Crippen LogP contribution in [-0.4, -0.2) is 15.7 Å². The van der Waals surface area contributed by atoms with Gasteiger partial charge in [-0.25, -0.2) is 4.68 Å². The Morgan fingerprint density at radius 2 is 1.95 bits per heavy atom. The van der Waals surface area contributed by atoms with E-state index in [0.29, 0.717) is 11.1 Å². The number of hydrogen-bond acceptors (Lipinski definition) is 3. The van der Waals surface area contributed by atoms with Gasteiger partial charge in [0.25, 0.3) is 5.91 Å². The Labute approximate surface area is 114 Å². The van der Waals surface area contributed by atoms with Gasteiger partial charge in [-0.1, -0.05) is 24.3 Å². The molecule has 0 aliphatic carbocycles. The summed E-state index contributed by atoms with van der Waals surface area (Å²) in [6, 6.07) is 13.3. The normalized spacial score (nSPS) is 10.3. The molecule has 0 aliphatic rings. The van der Waals surface area contributed by atoms with Crippen molar-refractivity contribution in [2.24, 2.45) is 5.73 Å². The number of carbonyl (C=O) groups excluding carboxylic acids is 1. The Hall–Kier alpha value is -3.13. The van der Waals surface area contributed by atoms with Gasteiger partial charge in [0.1, 0.15) is 0 Å². The van der Waals surface area contributed by atoms with Gasteiger partial charge < -0.3 is 5.73 Å². The van der Waals surface area contributed by atoms with E-state index in [4.69, 9.17) is 11.0 Å². The maximum absolute atomic E-state index is 11.1. The van der Waals surface area contributed by atoms with Crippen molar-refractivity contribution in [2.45, 2.75) is 0 Å². The molecule has 96 valence electrons. The Bertz CT molecular complexity index is 858. The minimum Gasteiger partial charge on any atom is -0.366 e. The number of nitrogens with zero attached hydrogens (tertiary/aromatic N) is 3. The third-order valence-electron chi connectivity index (χ3n) is 3.14. The molecule has 0 aliphatic heterocycles. The van der Waals surface area contributed by atoms with Crippen LogP contribution < -0.4 is 5.73 Å². The number of aromatic nitrogens is 2. The average molecular weight is 262 g/mol. The minimum absolute atomic E-state index is 0.346. The largest absolute Gasteiger partial charge is 0.366 e. The summed E-state index contributed by atoms with van der Waals surface area (Å²) in [5, 5.41) is 15.0. The van der Waals surface area contributed by atoms with Crippen LogP contribution in [0.25, 0.3) is 16.5 Å². The van der Waals surface area contributed by atoms with Crippen molar-refractivity contribution in [1.82, 2.24) is 9.78 Å². The monoisotopic (exact) mass is 262 g/mol. The first-order valence-corrected chi connectivity index (χ1v) is 5.97. The molecule has 0 saturated heterocycles. The number of amides is 1. The fourth-order valence-corrected chi connectivity index (χ4v) is 2.16. The van der Waals surface area contributed by atoms with Gasteiger partial charge in [0.05, 0.1) is 29.1 Å². The zero-order chi connectivity index (χ0) is 14.1. The fourth-order valence-electron chi connectivity index (χ4n) is 2.16. The topological polar surface area (TPSA) is 84.7 Å². The summed E-state index contributed by atoms with van der Waals surface area (Å²) in [7, 11) is 0. The van der Waals surface area contributed by atoms with Crippen LogP contribution in [0.15, 0.2) is 48.8 Å². The van der Waals surface area contributed by atoms with E-state index in [-0.39, 0.29) is 0 Å². The lowest BCUT2D eigenvalue weighted by Crippen LogP contribution is -2.09. The third-order valence-corrected chi connectivity index (χ3v) is 3.14. The summed E-state index contributed by atoms with van der Waals surface area (Å²) in [5.41, 5.74) is 6.98. The molecule has 3 aromatic rings. The maximum atomic E-state index is 11.1. The number of hydrogen-bond donors (Lipinski definition) is 1. The van der Waals surface area contributed by atoms with Crippen LogP contribution in [0.5, 0.6) is 0 Å². The van der Waals surface area contributed by atoms with Gasteiger partial charge in [-0.15, -0.1) is 0 Å². The van der Waals surface area contributed by atoms with Gasteiger partial charge in [-0.3, -0.25) is 4.79 Å². The molecule has 1 amide bonds. The highest BCUT2D eigenvalue weighted by Crippen LogP contribution is 2.25. The lowest BCUT2D eigenvalue weighted by molar-refractivity contribution is 0.100. The summed E-state index contributed by atoms with van der Waals surface area (Å²) < 4.78 is 1.59. The van der Waals surface area contributed by atoms with Crippen LogP contribution in [0.1, 0.15) is 15.9 Å². The molecule has 0 fully saturated rings. The smallest absolute Gasteiger partial charge is 0.251 e. The Kier molecular flexibility index (Phi) is 2.70. The standard InChI is InChI=1S/C15H10N4O/c16-7-10-5-6-14(13-4-2-1-3-12(10)13)19-9-11(8-18-19)15(17)20/h1-6,8-9H,(H2,17,20). The first-order valence-electron chi connectivity index (χ1n) is 5.97. The first kappa shape index (κ1) is 11.9. The van der Waals surface area contributed by atoms with E-state index in [9.17, 15) is 4.79 Å². The second-order valence-electron chi connectivity index (χ2n) is 4.33. The summed E-state index contributed by atoms with van der Waals surface area (Å²) >= 11 is 0. The van der Waals surface area contributed by atoms with Gasteiger partial charge in [-0.05, 0) is 12.1 Å². The molecule has 5 heteroatoms. The molecule has 1 heterocycles. The van der Waals surface area contributed by atoms with E-state index in [2.05, 4.69) is 11.2 Å². The number of nitrogens with two attached hydrogens (primary N) is 1. The molecule has 2 aromatic carbocycles. The Morgan fingerprint density at radius 1 is 1.20 bits per heavy atom. The second kappa shape index (κ2) is 4.52. The number of nitriles is 1. The fraction of sp³-hybridized carbons (Fsp3) is 0. The van der Waals surface area contributed by atoms with Crippen LogP contribution in [-0.2, 0) is 0 Å². The van der Waals surface area contributed by atoms with Gasteiger partial charge in [0.2, 0.25) is 0 Å². The summed E-state index contributed by atoms with van der Waals surface area (Å²) in [6.45, 7) is 0. The average Bonchev–Trinajstić information content (AvgIpc) is 2.96. The first-order chi connectivity index (χ1) is 9.70. The molecule has 2 N–H and O–H groups in total. The molecule has 20 heavy (non-hydrogen) atoms. The van der Waals surface area contributed by atoms with Crippen LogP contribution >= 0.6 is 0 Å². The van der Waals surface area contributed by atoms with Crippen molar-refractivity contribution in [3.8, 4) is 11.8 Å². The predicted molar refractivity (Wildman–Crippen MR) is 74.3 cm³/mol. The highest BCUT2D eigenvalue weighted by atomic mass is 16.1. The highest BCUT2D eigenvalue weighted by molar-refractivity contribution is 5.95. The molecule has 5 nitrogen and oxygen atoms in total. The van der Waals surface area contributed by atoms with E-state index in [1.54, 1.807) is 23.0 Å². The predicted octanol–water partition coefficient (Wildman–Crippen LogP) is 2.00. The molecule has 0 bridgehead atoms. The van der Waals surface area contributed by atoms with Gasteiger partial charge in [0.15, 0.2) is 0 Å².